The lowest BCUT2D eigenvalue weighted by Gasteiger charge is -2.10. The summed E-state index contributed by atoms with van der Waals surface area (Å²) in [4.78, 5) is 12.4. The number of methoxy groups -OCH3 is 1. The van der Waals surface area contributed by atoms with Crippen molar-refractivity contribution in [1.82, 2.24) is 0 Å². The molecule has 0 spiro atoms. The van der Waals surface area contributed by atoms with Crippen LogP contribution in [0.15, 0.2) is 34.5 Å². The Bertz CT molecular complexity index is 683. The van der Waals surface area contributed by atoms with E-state index in [0.717, 1.165) is 29.6 Å². The van der Waals surface area contributed by atoms with E-state index >= 15 is 0 Å². The molecule has 1 heterocycles. The Kier molecular flexibility index (Phi) is 5.02. The van der Waals surface area contributed by atoms with Gasteiger partial charge in [-0.1, -0.05) is 6.07 Å². The second-order valence-corrected chi connectivity index (χ2v) is 6.10. The zero-order valence-corrected chi connectivity index (χ0v) is 13.3. The van der Waals surface area contributed by atoms with E-state index in [0.29, 0.717) is 15.5 Å². The minimum atomic E-state index is -4.38. The van der Waals surface area contributed by atoms with E-state index in [2.05, 4.69) is 9.46 Å². The standard InChI is InChI=1S/C14H12F3NO2S2/c1-8-7-21-12(13(19)20-2)11(8)18-22-10-5-3-4-9(6-10)14(15,16)17/h3-7,18H,1-2H3. The topological polar surface area (TPSA) is 38.3 Å². The zero-order valence-electron chi connectivity index (χ0n) is 11.7. The first-order valence-electron chi connectivity index (χ1n) is 6.09. The molecule has 0 atom stereocenters. The first-order valence-corrected chi connectivity index (χ1v) is 7.79. The summed E-state index contributed by atoms with van der Waals surface area (Å²) in [5.41, 5.74) is 0.665. The average Bonchev–Trinajstić information content (AvgIpc) is 2.85. The number of aryl methyl sites for hydroxylation is 1. The molecule has 0 amide bonds. The van der Waals surface area contributed by atoms with Crippen LogP contribution in [0.5, 0.6) is 0 Å². The second kappa shape index (κ2) is 6.62. The molecule has 0 aliphatic rings. The summed E-state index contributed by atoms with van der Waals surface area (Å²) in [6, 6.07) is 4.97. The summed E-state index contributed by atoms with van der Waals surface area (Å²) in [6.45, 7) is 1.80. The molecular weight excluding hydrogens is 335 g/mol. The third kappa shape index (κ3) is 3.75. The summed E-state index contributed by atoms with van der Waals surface area (Å²) in [5, 5.41) is 1.78. The molecule has 22 heavy (non-hydrogen) atoms. The van der Waals surface area contributed by atoms with Crippen LogP contribution < -0.4 is 4.72 Å². The van der Waals surface area contributed by atoms with Gasteiger partial charge in [-0.2, -0.15) is 13.2 Å². The van der Waals surface area contributed by atoms with E-state index < -0.39 is 17.7 Å². The Morgan fingerprint density at radius 3 is 2.73 bits per heavy atom. The maximum atomic E-state index is 12.7. The summed E-state index contributed by atoms with van der Waals surface area (Å²) < 4.78 is 45.6. The van der Waals surface area contributed by atoms with Gasteiger partial charge in [0.05, 0.1) is 18.4 Å². The van der Waals surface area contributed by atoms with Crippen molar-refractivity contribution in [2.24, 2.45) is 0 Å². The van der Waals surface area contributed by atoms with Gasteiger partial charge in [0.1, 0.15) is 4.88 Å². The molecule has 0 bridgehead atoms. The lowest BCUT2D eigenvalue weighted by molar-refractivity contribution is -0.137. The highest BCUT2D eigenvalue weighted by Crippen LogP contribution is 2.35. The number of halogens is 3. The van der Waals surface area contributed by atoms with Gasteiger partial charge in [-0.3, -0.25) is 0 Å². The van der Waals surface area contributed by atoms with Gasteiger partial charge in [0.2, 0.25) is 0 Å². The highest BCUT2D eigenvalue weighted by Gasteiger charge is 2.30. The monoisotopic (exact) mass is 347 g/mol. The lowest BCUT2D eigenvalue weighted by atomic mass is 10.2. The van der Waals surface area contributed by atoms with Crippen LogP contribution in [-0.2, 0) is 10.9 Å². The average molecular weight is 347 g/mol. The fourth-order valence-electron chi connectivity index (χ4n) is 1.66. The molecule has 118 valence electrons. The van der Waals surface area contributed by atoms with Crippen molar-refractivity contribution in [2.75, 3.05) is 11.8 Å². The highest BCUT2D eigenvalue weighted by atomic mass is 32.2. The van der Waals surface area contributed by atoms with E-state index in [1.54, 1.807) is 18.4 Å². The van der Waals surface area contributed by atoms with Crippen molar-refractivity contribution in [3.8, 4) is 0 Å². The van der Waals surface area contributed by atoms with Crippen molar-refractivity contribution >= 4 is 34.9 Å². The van der Waals surface area contributed by atoms with Crippen molar-refractivity contribution in [3.05, 3.63) is 45.6 Å². The molecule has 0 fully saturated rings. The molecule has 0 aliphatic heterocycles. The molecule has 8 heteroatoms. The van der Waals surface area contributed by atoms with Gasteiger partial charge in [0.15, 0.2) is 0 Å². The van der Waals surface area contributed by atoms with Gasteiger partial charge in [0, 0.05) is 4.90 Å². The summed E-state index contributed by atoms with van der Waals surface area (Å²) in [5.74, 6) is -0.481. The molecule has 2 aromatic rings. The van der Waals surface area contributed by atoms with E-state index in [1.165, 1.54) is 24.5 Å². The van der Waals surface area contributed by atoms with Crippen molar-refractivity contribution in [1.29, 1.82) is 0 Å². The van der Waals surface area contributed by atoms with Crippen LogP contribution in [-0.4, -0.2) is 13.1 Å². The summed E-state index contributed by atoms with van der Waals surface area (Å²) >= 11 is 2.23. The molecule has 1 aromatic heterocycles. The van der Waals surface area contributed by atoms with Crippen LogP contribution in [0.1, 0.15) is 20.8 Å². The maximum Gasteiger partial charge on any atom is 0.416 e. The van der Waals surface area contributed by atoms with E-state index in [-0.39, 0.29) is 0 Å². The molecule has 1 N–H and O–H groups in total. The number of alkyl halides is 3. The van der Waals surface area contributed by atoms with Crippen LogP contribution >= 0.6 is 23.3 Å². The van der Waals surface area contributed by atoms with Crippen LogP contribution in [0.2, 0.25) is 0 Å². The number of thiophene rings is 1. The van der Waals surface area contributed by atoms with Crippen LogP contribution in [0.3, 0.4) is 0 Å². The van der Waals surface area contributed by atoms with E-state index in [1.807, 2.05) is 0 Å². The third-order valence-electron chi connectivity index (χ3n) is 2.78. The van der Waals surface area contributed by atoms with Crippen molar-refractivity contribution < 1.29 is 22.7 Å². The fourth-order valence-corrected chi connectivity index (χ4v) is 3.46. The van der Waals surface area contributed by atoms with Crippen LogP contribution in [0.25, 0.3) is 0 Å². The number of carbonyl (C=O) groups excluding carboxylic acids is 1. The number of anilines is 1. The number of rotatable bonds is 4. The van der Waals surface area contributed by atoms with Crippen molar-refractivity contribution in [3.63, 3.8) is 0 Å². The fraction of sp³-hybridized carbons (Fsp3) is 0.214. The molecule has 0 unspecified atom stereocenters. The lowest BCUT2D eigenvalue weighted by Crippen LogP contribution is -2.05. The van der Waals surface area contributed by atoms with Gasteiger partial charge in [-0.25, -0.2) is 4.79 Å². The number of benzene rings is 1. The third-order valence-corrected chi connectivity index (χ3v) is 4.65. The predicted octanol–water partition coefficient (Wildman–Crippen LogP) is 4.98. The molecule has 0 aliphatic carbocycles. The van der Waals surface area contributed by atoms with E-state index in [9.17, 15) is 18.0 Å². The molecule has 0 radical (unpaired) electrons. The Hall–Kier alpha value is -1.67. The number of nitrogens with one attached hydrogen (secondary N) is 1. The molecule has 1 aromatic carbocycles. The predicted molar refractivity (Wildman–Crippen MR) is 81.3 cm³/mol. The van der Waals surface area contributed by atoms with Crippen LogP contribution in [0.4, 0.5) is 18.9 Å². The second-order valence-electron chi connectivity index (χ2n) is 4.34. The van der Waals surface area contributed by atoms with Gasteiger partial charge < -0.3 is 9.46 Å². The van der Waals surface area contributed by atoms with E-state index in [4.69, 9.17) is 0 Å². The maximum absolute atomic E-state index is 12.7. The molecule has 0 saturated carbocycles. The number of hydrogen-bond acceptors (Lipinski definition) is 5. The zero-order chi connectivity index (χ0) is 16.3. The van der Waals surface area contributed by atoms with Gasteiger partial charge in [0.25, 0.3) is 0 Å². The molecule has 0 saturated heterocycles. The molecule has 2 rings (SSSR count). The summed E-state index contributed by atoms with van der Waals surface area (Å²) in [7, 11) is 1.28. The van der Waals surface area contributed by atoms with Gasteiger partial charge in [-0.15, -0.1) is 11.3 Å². The Morgan fingerprint density at radius 1 is 1.36 bits per heavy atom. The number of esters is 1. The first kappa shape index (κ1) is 16.7. The summed E-state index contributed by atoms with van der Waals surface area (Å²) in [6.07, 6.45) is -4.38. The largest absolute Gasteiger partial charge is 0.465 e. The highest BCUT2D eigenvalue weighted by molar-refractivity contribution is 8.00. The van der Waals surface area contributed by atoms with Gasteiger partial charge in [-0.05, 0) is 48.0 Å². The van der Waals surface area contributed by atoms with Gasteiger partial charge >= 0.3 is 12.1 Å². The Morgan fingerprint density at radius 2 is 2.09 bits per heavy atom. The number of hydrogen-bond donors (Lipinski definition) is 1. The van der Waals surface area contributed by atoms with Crippen molar-refractivity contribution in [2.45, 2.75) is 18.0 Å². The molecular formula is C14H12F3NO2S2. The first-order chi connectivity index (χ1) is 10.3. The number of ether oxygens (including phenoxy) is 1. The Labute approximate surface area is 133 Å². The Balaban J connectivity index is 2.18. The quantitative estimate of drug-likeness (QED) is 0.625. The SMILES string of the molecule is COC(=O)c1scc(C)c1NSc1cccc(C(F)(F)F)c1. The smallest absolute Gasteiger partial charge is 0.416 e. The molecule has 3 nitrogen and oxygen atoms in total. The normalized spacial score (nSPS) is 11.3. The number of carbonyl (C=O) groups is 1. The minimum Gasteiger partial charge on any atom is -0.465 e. The minimum absolute atomic E-state index is 0.388. The van der Waals surface area contributed by atoms with Crippen LogP contribution in [0, 0.1) is 6.92 Å².